The molecule has 7 rings (SSSR count). The normalized spacial score (nSPS) is 19.1. The molecule has 2 amide bonds. The van der Waals surface area contributed by atoms with Gasteiger partial charge >= 0.3 is 0 Å². The maximum atomic E-state index is 13.4. The van der Waals surface area contributed by atoms with Crippen LogP contribution >= 0.6 is 23.2 Å². The quantitative estimate of drug-likeness (QED) is 0.294. The Hall–Kier alpha value is -3.96. The molecule has 0 radical (unpaired) electrons. The van der Waals surface area contributed by atoms with E-state index in [4.69, 9.17) is 32.9 Å². The number of ether oxygens (including phenoxy) is 1. The molecule has 238 valence electrons. The zero-order valence-electron chi connectivity index (χ0n) is 26.2. The van der Waals surface area contributed by atoms with Crippen molar-refractivity contribution in [2.45, 2.75) is 38.5 Å². The van der Waals surface area contributed by atoms with Gasteiger partial charge in [0.2, 0.25) is 11.8 Å². The van der Waals surface area contributed by atoms with E-state index in [0.717, 1.165) is 48.6 Å². The van der Waals surface area contributed by atoms with E-state index in [-0.39, 0.29) is 11.8 Å². The number of pyridine rings is 1. The van der Waals surface area contributed by atoms with Gasteiger partial charge in [0.25, 0.3) is 5.91 Å². The number of rotatable bonds is 7. The molecular weight excluding hydrogens is 625 g/mol. The standard InChI is InChI=1S/C34H35Cl2N7O3/c1-19(44)43-18-28-29(43)17-42(28)15-20-11-12-24(39-34(20)46-4)23-9-5-7-21(30(23)35)22-8-6-10-25(31(22)36)38-33(45)32-37-26-16-40(2)14-13-27(26)41(32)3/h5-12,28-29H,13-18H2,1-4H3,(H,38,45). The van der Waals surface area contributed by atoms with E-state index in [2.05, 4.69) is 20.1 Å². The summed E-state index contributed by atoms with van der Waals surface area (Å²) in [5.74, 6) is 0.703. The zero-order chi connectivity index (χ0) is 32.3. The Kier molecular flexibility index (Phi) is 8.01. The van der Waals surface area contributed by atoms with Crippen LogP contribution in [0.2, 0.25) is 10.0 Å². The van der Waals surface area contributed by atoms with Crippen molar-refractivity contribution in [3.05, 3.63) is 81.4 Å². The Morgan fingerprint density at radius 2 is 1.70 bits per heavy atom. The molecule has 1 N–H and O–H groups in total. The van der Waals surface area contributed by atoms with Crippen LogP contribution in [0.3, 0.4) is 0 Å². The number of carbonyl (C=O) groups is 2. The van der Waals surface area contributed by atoms with Crippen LogP contribution < -0.4 is 10.1 Å². The van der Waals surface area contributed by atoms with Gasteiger partial charge in [-0.2, -0.15) is 0 Å². The van der Waals surface area contributed by atoms with Gasteiger partial charge in [-0.3, -0.25) is 14.5 Å². The molecule has 2 aromatic heterocycles. The third-order valence-electron chi connectivity index (χ3n) is 9.49. The second-order valence-corrected chi connectivity index (χ2v) is 13.0. The number of fused-ring (bicyclic) bond motifs is 2. The van der Waals surface area contributed by atoms with Crippen LogP contribution in [0.1, 0.15) is 34.5 Å². The van der Waals surface area contributed by atoms with Gasteiger partial charge in [0.15, 0.2) is 5.82 Å². The fraction of sp³-hybridized carbons (Fsp3) is 0.353. The second kappa shape index (κ2) is 12.0. The summed E-state index contributed by atoms with van der Waals surface area (Å²) in [4.78, 5) is 41.0. The number of imidazole rings is 1. The fourth-order valence-corrected chi connectivity index (χ4v) is 7.44. The average Bonchev–Trinajstić information content (AvgIpc) is 3.35. The van der Waals surface area contributed by atoms with Crippen molar-refractivity contribution in [3.63, 3.8) is 0 Å². The lowest BCUT2D eigenvalue weighted by Gasteiger charge is -2.61. The van der Waals surface area contributed by atoms with Crippen LogP contribution in [0, 0.1) is 0 Å². The van der Waals surface area contributed by atoms with E-state index < -0.39 is 0 Å². The number of hydrogen-bond donors (Lipinski definition) is 1. The molecule has 46 heavy (non-hydrogen) atoms. The number of carbonyl (C=O) groups excluding carboxylic acids is 2. The smallest absolute Gasteiger partial charge is 0.291 e. The highest BCUT2D eigenvalue weighted by Gasteiger charge is 2.52. The number of piperazine rings is 1. The van der Waals surface area contributed by atoms with Crippen molar-refractivity contribution < 1.29 is 14.3 Å². The van der Waals surface area contributed by atoms with Crippen LogP contribution in [-0.4, -0.2) is 86.9 Å². The Morgan fingerprint density at radius 1 is 0.957 bits per heavy atom. The summed E-state index contributed by atoms with van der Waals surface area (Å²) >= 11 is 14.0. The van der Waals surface area contributed by atoms with E-state index in [1.807, 2.05) is 66.0 Å². The van der Waals surface area contributed by atoms with Crippen LogP contribution in [0.4, 0.5) is 5.69 Å². The van der Waals surface area contributed by atoms with Crippen LogP contribution in [0.15, 0.2) is 48.5 Å². The second-order valence-electron chi connectivity index (χ2n) is 12.3. The minimum Gasteiger partial charge on any atom is -0.481 e. The molecule has 2 aromatic carbocycles. The van der Waals surface area contributed by atoms with Gasteiger partial charge in [-0.05, 0) is 19.2 Å². The number of aromatic nitrogens is 3. The number of halogens is 2. The number of likely N-dealkylation sites (N-methyl/N-ethyl adjacent to an activating group) is 1. The summed E-state index contributed by atoms with van der Waals surface area (Å²) in [6.07, 6.45) is 0.845. The third kappa shape index (κ3) is 5.23. The molecule has 2 saturated heterocycles. The molecule has 2 atom stereocenters. The van der Waals surface area contributed by atoms with Crippen LogP contribution in [-0.2, 0) is 31.4 Å². The van der Waals surface area contributed by atoms with Gasteiger partial charge in [0.1, 0.15) is 0 Å². The summed E-state index contributed by atoms with van der Waals surface area (Å²) in [6, 6.07) is 15.9. The highest BCUT2D eigenvalue weighted by atomic mass is 35.5. The van der Waals surface area contributed by atoms with Gasteiger partial charge < -0.3 is 24.4 Å². The van der Waals surface area contributed by atoms with Gasteiger partial charge in [0.05, 0.1) is 40.3 Å². The Bertz CT molecular complexity index is 1880. The summed E-state index contributed by atoms with van der Waals surface area (Å²) in [6.45, 7) is 5.59. The summed E-state index contributed by atoms with van der Waals surface area (Å²) in [7, 11) is 5.54. The largest absolute Gasteiger partial charge is 0.481 e. The highest BCUT2D eigenvalue weighted by Crippen LogP contribution is 2.42. The summed E-state index contributed by atoms with van der Waals surface area (Å²) in [5, 5.41) is 3.83. The van der Waals surface area contributed by atoms with Crippen LogP contribution in [0.5, 0.6) is 5.88 Å². The molecule has 0 spiro atoms. The lowest BCUT2D eigenvalue weighted by atomic mass is 9.85. The van der Waals surface area contributed by atoms with E-state index >= 15 is 0 Å². The Morgan fingerprint density at radius 3 is 2.41 bits per heavy atom. The molecule has 0 saturated carbocycles. The summed E-state index contributed by atoms with van der Waals surface area (Å²) in [5.41, 5.74) is 6.26. The van der Waals surface area contributed by atoms with Crippen molar-refractivity contribution in [2.24, 2.45) is 7.05 Å². The summed E-state index contributed by atoms with van der Waals surface area (Å²) < 4.78 is 7.58. The SMILES string of the molecule is COc1nc(-c2cccc(-c3cccc(NC(=O)c4nc5c(n4C)CCN(C)C5)c3Cl)c2Cl)ccc1CN1CC2C1CN2C(C)=O. The first-order chi connectivity index (χ1) is 22.1. The van der Waals surface area contributed by atoms with Crippen molar-refractivity contribution in [2.75, 3.05) is 39.1 Å². The number of benzene rings is 2. The number of amides is 2. The minimum absolute atomic E-state index is 0.136. The maximum Gasteiger partial charge on any atom is 0.291 e. The third-order valence-corrected chi connectivity index (χ3v) is 10.3. The average molecular weight is 661 g/mol. The molecule has 3 aliphatic heterocycles. The first kappa shape index (κ1) is 30.7. The molecule has 4 aromatic rings. The van der Waals surface area contributed by atoms with Crippen molar-refractivity contribution in [1.82, 2.24) is 29.2 Å². The van der Waals surface area contributed by atoms with E-state index in [0.29, 0.717) is 69.4 Å². The number of methoxy groups -OCH3 is 1. The maximum absolute atomic E-state index is 13.4. The van der Waals surface area contributed by atoms with Crippen molar-refractivity contribution in [3.8, 4) is 28.3 Å². The van der Waals surface area contributed by atoms with Gasteiger partial charge in [-0.25, -0.2) is 9.97 Å². The lowest BCUT2D eigenvalue weighted by Crippen LogP contribution is -2.78. The Balaban J connectivity index is 1.12. The number of nitrogens with zero attached hydrogens (tertiary/aromatic N) is 6. The number of nitrogens with one attached hydrogen (secondary N) is 1. The number of hydrogen-bond acceptors (Lipinski definition) is 7. The van der Waals surface area contributed by atoms with E-state index in [9.17, 15) is 9.59 Å². The molecule has 0 aliphatic carbocycles. The lowest BCUT2D eigenvalue weighted by molar-refractivity contribution is -0.164. The fourth-order valence-electron chi connectivity index (χ4n) is 6.84. The van der Waals surface area contributed by atoms with Crippen LogP contribution in [0.25, 0.3) is 22.4 Å². The number of likely N-dealkylation sites (tertiary alicyclic amines) is 2. The first-order valence-corrected chi connectivity index (χ1v) is 16.1. The van der Waals surface area contributed by atoms with Gasteiger partial charge in [-0.1, -0.05) is 59.6 Å². The zero-order valence-corrected chi connectivity index (χ0v) is 27.7. The molecule has 3 aliphatic rings. The van der Waals surface area contributed by atoms with Gasteiger partial charge in [-0.15, -0.1) is 0 Å². The van der Waals surface area contributed by atoms with Gasteiger partial charge in [0, 0.05) is 87.1 Å². The first-order valence-electron chi connectivity index (χ1n) is 15.3. The van der Waals surface area contributed by atoms with E-state index in [1.54, 1.807) is 20.1 Å². The number of anilines is 1. The monoisotopic (exact) mass is 659 g/mol. The Labute approximate surface area is 277 Å². The highest BCUT2D eigenvalue weighted by molar-refractivity contribution is 6.39. The molecule has 12 heteroatoms. The molecule has 2 unspecified atom stereocenters. The molecule has 0 bridgehead atoms. The predicted octanol–water partition coefficient (Wildman–Crippen LogP) is 5.12. The van der Waals surface area contributed by atoms with Crippen molar-refractivity contribution >= 4 is 40.7 Å². The van der Waals surface area contributed by atoms with Crippen molar-refractivity contribution in [1.29, 1.82) is 0 Å². The minimum atomic E-state index is -0.322. The predicted molar refractivity (Wildman–Crippen MR) is 178 cm³/mol. The topological polar surface area (TPSA) is 95.8 Å². The molecular formula is C34H35Cl2N7O3. The molecule has 2 fully saturated rings. The van der Waals surface area contributed by atoms with E-state index in [1.165, 1.54) is 0 Å². The molecule has 10 nitrogen and oxygen atoms in total. The molecule has 5 heterocycles.